The van der Waals surface area contributed by atoms with E-state index in [1.165, 1.54) is 0 Å². The predicted molar refractivity (Wildman–Crippen MR) is 83.7 cm³/mol. The van der Waals surface area contributed by atoms with Crippen LogP contribution in [0.2, 0.25) is 0 Å². The summed E-state index contributed by atoms with van der Waals surface area (Å²) in [6.45, 7) is 5.11. The SMILES string of the molecule is CCC(C)O.CO.NCCOCCO[C@H]1OC[C@@H](O)C(O)C1O. The smallest absolute Gasteiger partial charge is 0.186 e. The van der Waals surface area contributed by atoms with Crippen LogP contribution in [0.4, 0.5) is 0 Å². The molecule has 0 aromatic heterocycles. The maximum atomic E-state index is 9.49. The molecule has 1 fully saturated rings. The van der Waals surface area contributed by atoms with Gasteiger partial charge in [0.2, 0.25) is 0 Å². The molecule has 1 aliphatic rings. The number of rotatable bonds is 7. The van der Waals surface area contributed by atoms with Crippen molar-refractivity contribution < 1.29 is 39.7 Å². The Kier molecular flexibility index (Phi) is 17.8. The lowest BCUT2D eigenvalue weighted by molar-refractivity contribution is -0.271. The van der Waals surface area contributed by atoms with E-state index < -0.39 is 24.6 Å². The van der Waals surface area contributed by atoms with Crippen LogP contribution in [-0.4, -0.2) is 96.3 Å². The lowest BCUT2D eigenvalue weighted by Gasteiger charge is -2.34. The highest BCUT2D eigenvalue weighted by Crippen LogP contribution is 2.16. The van der Waals surface area contributed by atoms with Gasteiger partial charge in [-0.3, -0.25) is 0 Å². The summed E-state index contributed by atoms with van der Waals surface area (Å²) in [7, 11) is 1.00. The third kappa shape index (κ3) is 12.7. The van der Waals surface area contributed by atoms with E-state index >= 15 is 0 Å². The van der Waals surface area contributed by atoms with Crippen molar-refractivity contribution in [2.75, 3.05) is 40.1 Å². The van der Waals surface area contributed by atoms with Crippen molar-refractivity contribution in [2.24, 2.45) is 5.73 Å². The van der Waals surface area contributed by atoms with Crippen molar-refractivity contribution >= 4 is 0 Å². The van der Waals surface area contributed by atoms with Crippen LogP contribution < -0.4 is 5.73 Å². The van der Waals surface area contributed by atoms with E-state index in [-0.39, 0.29) is 19.3 Å². The molecule has 1 saturated heterocycles. The van der Waals surface area contributed by atoms with Crippen molar-refractivity contribution in [1.82, 2.24) is 0 Å². The third-order valence-electron chi connectivity index (χ3n) is 2.82. The molecule has 9 heteroatoms. The molecule has 9 nitrogen and oxygen atoms in total. The molecular weight excluding hydrogens is 310 g/mol. The quantitative estimate of drug-likeness (QED) is 0.283. The number of nitrogens with two attached hydrogens (primary N) is 1. The van der Waals surface area contributed by atoms with Crippen LogP contribution in [0.25, 0.3) is 0 Å². The van der Waals surface area contributed by atoms with Gasteiger partial charge in [-0.05, 0) is 13.3 Å². The molecule has 0 aliphatic carbocycles. The molecule has 0 amide bonds. The average molecular weight is 343 g/mol. The van der Waals surface area contributed by atoms with Gasteiger partial charge in [-0.1, -0.05) is 6.92 Å². The molecule has 0 radical (unpaired) electrons. The summed E-state index contributed by atoms with van der Waals surface area (Å²) in [4.78, 5) is 0. The van der Waals surface area contributed by atoms with E-state index in [4.69, 9.17) is 30.2 Å². The molecule has 0 aromatic carbocycles. The summed E-state index contributed by atoms with van der Waals surface area (Å²) in [6, 6.07) is 0. The van der Waals surface area contributed by atoms with Crippen LogP contribution in [0.5, 0.6) is 0 Å². The van der Waals surface area contributed by atoms with Gasteiger partial charge in [0.15, 0.2) is 6.29 Å². The van der Waals surface area contributed by atoms with Crippen LogP contribution in [0, 0.1) is 0 Å². The second-order valence-electron chi connectivity index (χ2n) is 4.78. The monoisotopic (exact) mass is 343 g/mol. The van der Waals surface area contributed by atoms with E-state index in [1.807, 2.05) is 6.92 Å². The maximum absolute atomic E-state index is 9.49. The highest BCUT2D eigenvalue weighted by Gasteiger charge is 2.37. The van der Waals surface area contributed by atoms with Gasteiger partial charge in [0.1, 0.15) is 18.3 Å². The molecule has 0 saturated carbocycles. The maximum Gasteiger partial charge on any atom is 0.186 e. The summed E-state index contributed by atoms with van der Waals surface area (Å²) in [5, 5.41) is 43.4. The standard InChI is InChI=1S/C9H19NO6.C4H10O.CH4O/c10-1-2-14-3-4-15-9-8(13)7(12)6(11)5-16-9;1-3-4(2)5;1-2/h6-9,11-13H,1-5,10H2;4-5H,3H2,1-2H3;2H,1H3/t6-,7?,8?,9+;;/m1../s1. The van der Waals surface area contributed by atoms with Gasteiger partial charge in [0.25, 0.3) is 0 Å². The van der Waals surface area contributed by atoms with Crippen molar-refractivity contribution in [3.8, 4) is 0 Å². The zero-order valence-electron chi connectivity index (χ0n) is 14.2. The fourth-order valence-electron chi connectivity index (χ4n) is 1.33. The van der Waals surface area contributed by atoms with Crippen LogP contribution in [0.1, 0.15) is 20.3 Å². The van der Waals surface area contributed by atoms with Crippen LogP contribution >= 0.6 is 0 Å². The number of hydrogen-bond acceptors (Lipinski definition) is 9. The van der Waals surface area contributed by atoms with Gasteiger partial charge in [-0.2, -0.15) is 0 Å². The summed E-state index contributed by atoms with van der Waals surface area (Å²) >= 11 is 0. The van der Waals surface area contributed by atoms with Crippen molar-refractivity contribution in [2.45, 2.75) is 51.0 Å². The largest absolute Gasteiger partial charge is 0.400 e. The van der Waals surface area contributed by atoms with E-state index in [1.54, 1.807) is 6.92 Å². The van der Waals surface area contributed by atoms with E-state index in [2.05, 4.69) is 0 Å². The molecule has 23 heavy (non-hydrogen) atoms. The van der Waals surface area contributed by atoms with E-state index in [0.29, 0.717) is 19.8 Å². The number of hydrogen-bond donors (Lipinski definition) is 6. The topological polar surface area (TPSA) is 155 Å². The summed E-state index contributed by atoms with van der Waals surface area (Å²) in [6.07, 6.45) is -3.76. The Morgan fingerprint density at radius 2 is 1.70 bits per heavy atom. The average Bonchev–Trinajstić information content (AvgIpc) is 2.56. The minimum Gasteiger partial charge on any atom is -0.400 e. The second kappa shape index (κ2) is 16.5. The first-order valence-corrected chi connectivity index (χ1v) is 7.62. The summed E-state index contributed by atoms with van der Waals surface area (Å²) < 4.78 is 15.2. The Balaban J connectivity index is 0. The summed E-state index contributed by atoms with van der Waals surface area (Å²) in [5.41, 5.74) is 5.22. The molecule has 5 atom stereocenters. The molecule has 7 N–H and O–H groups in total. The Morgan fingerprint density at radius 3 is 2.17 bits per heavy atom. The van der Waals surface area contributed by atoms with E-state index in [0.717, 1.165) is 13.5 Å². The molecule has 1 rings (SSSR count). The molecule has 1 heterocycles. The number of aliphatic hydroxyl groups excluding tert-OH is 5. The molecule has 1 aliphatic heterocycles. The van der Waals surface area contributed by atoms with E-state index in [9.17, 15) is 15.3 Å². The first-order chi connectivity index (χ1) is 10.9. The van der Waals surface area contributed by atoms with Crippen molar-refractivity contribution in [3.05, 3.63) is 0 Å². The lowest BCUT2D eigenvalue weighted by atomic mass is 10.1. The fourth-order valence-corrected chi connectivity index (χ4v) is 1.33. The van der Waals surface area contributed by atoms with Gasteiger partial charge < -0.3 is 45.5 Å². The minimum atomic E-state index is -1.25. The first kappa shape index (κ1) is 24.9. The van der Waals surface area contributed by atoms with Crippen LogP contribution in [-0.2, 0) is 14.2 Å². The lowest BCUT2D eigenvalue weighted by Crippen LogP contribution is -2.53. The molecular formula is C14H33NO8. The van der Waals surface area contributed by atoms with Gasteiger partial charge >= 0.3 is 0 Å². The highest BCUT2D eigenvalue weighted by atomic mass is 16.7. The van der Waals surface area contributed by atoms with Gasteiger partial charge in [-0.15, -0.1) is 0 Å². The number of aliphatic hydroxyl groups is 5. The van der Waals surface area contributed by atoms with Crippen molar-refractivity contribution in [3.63, 3.8) is 0 Å². The van der Waals surface area contributed by atoms with Crippen LogP contribution in [0.15, 0.2) is 0 Å². The second-order valence-corrected chi connectivity index (χ2v) is 4.78. The Labute approximate surface area is 137 Å². The Bertz CT molecular complexity index is 245. The predicted octanol–water partition coefficient (Wildman–Crippen LogP) is -2.20. The molecule has 0 bridgehead atoms. The number of ether oxygens (including phenoxy) is 3. The Morgan fingerprint density at radius 1 is 1.13 bits per heavy atom. The zero-order valence-corrected chi connectivity index (χ0v) is 14.2. The molecule has 142 valence electrons. The highest BCUT2D eigenvalue weighted by molar-refractivity contribution is 4.82. The van der Waals surface area contributed by atoms with Crippen LogP contribution in [0.3, 0.4) is 0 Å². The Hall–Kier alpha value is -0.360. The van der Waals surface area contributed by atoms with Crippen molar-refractivity contribution in [1.29, 1.82) is 0 Å². The van der Waals surface area contributed by atoms with Gasteiger partial charge in [0.05, 0.1) is 32.5 Å². The first-order valence-electron chi connectivity index (χ1n) is 7.62. The van der Waals surface area contributed by atoms with Gasteiger partial charge in [0, 0.05) is 13.7 Å². The molecule has 0 aromatic rings. The molecule has 0 spiro atoms. The normalized spacial score (nSPS) is 28.0. The zero-order chi connectivity index (χ0) is 18.3. The molecule has 3 unspecified atom stereocenters. The minimum absolute atomic E-state index is 0.0629. The fraction of sp³-hybridized carbons (Fsp3) is 1.00. The van der Waals surface area contributed by atoms with Gasteiger partial charge in [-0.25, -0.2) is 0 Å². The third-order valence-corrected chi connectivity index (χ3v) is 2.82. The summed E-state index contributed by atoms with van der Waals surface area (Å²) in [5.74, 6) is 0.